The van der Waals surface area contributed by atoms with Crippen LogP contribution < -0.4 is 0 Å². The summed E-state index contributed by atoms with van der Waals surface area (Å²) in [6.45, 7) is 3.42. The highest BCUT2D eigenvalue weighted by atomic mass is 16.2. The van der Waals surface area contributed by atoms with Gasteiger partial charge in [-0.1, -0.05) is 12.8 Å². The number of amides is 1. The molecular weight excluding hydrogens is 242 g/mol. The predicted molar refractivity (Wildman–Crippen MR) is 73.0 cm³/mol. The molecule has 6 heteroatoms. The number of aromatic nitrogens is 3. The van der Waals surface area contributed by atoms with Crippen LogP contribution in [-0.4, -0.2) is 64.1 Å². The molecule has 1 fully saturated rings. The molecule has 1 N–H and O–H groups in total. The van der Waals surface area contributed by atoms with Gasteiger partial charge in [0.25, 0.3) is 5.91 Å². The molecule has 0 aliphatic heterocycles. The van der Waals surface area contributed by atoms with E-state index in [2.05, 4.69) is 20.1 Å². The third-order valence-corrected chi connectivity index (χ3v) is 3.60. The Hall–Kier alpha value is -1.43. The van der Waals surface area contributed by atoms with Crippen LogP contribution in [0.5, 0.6) is 0 Å². The lowest BCUT2D eigenvalue weighted by molar-refractivity contribution is 0.0655. The van der Waals surface area contributed by atoms with Gasteiger partial charge in [-0.05, 0) is 33.9 Å². The van der Waals surface area contributed by atoms with Gasteiger partial charge in [0, 0.05) is 19.1 Å². The molecule has 1 aromatic heterocycles. The Morgan fingerprint density at radius 2 is 2.00 bits per heavy atom. The number of hydrogen-bond donors (Lipinski definition) is 1. The van der Waals surface area contributed by atoms with E-state index in [0.29, 0.717) is 17.7 Å². The van der Waals surface area contributed by atoms with Crippen molar-refractivity contribution in [2.24, 2.45) is 0 Å². The van der Waals surface area contributed by atoms with Crippen LogP contribution in [0.4, 0.5) is 0 Å². The molecule has 19 heavy (non-hydrogen) atoms. The van der Waals surface area contributed by atoms with Gasteiger partial charge in [-0.25, -0.2) is 4.98 Å². The molecule has 0 spiro atoms. The van der Waals surface area contributed by atoms with Gasteiger partial charge in [-0.3, -0.25) is 9.89 Å². The van der Waals surface area contributed by atoms with Crippen molar-refractivity contribution in [3.8, 4) is 0 Å². The Morgan fingerprint density at radius 3 is 2.53 bits per heavy atom. The first-order valence-corrected chi connectivity index (χ1v) is 6.92. The first-order valence-electron chi connectivity index (χ1n) is 6.92. The normalized spacial score (nSPS) is 16.2. The highest BCUT2D eigenvalue weighted by Crippen LogP contribution is 2.24. The molecule has 0 atom stereocenters. The van der Waals surface area contributed by atoms with Crippen LogP contribution in [0.3, 0.4) is 0 Å². The molecule has 1 aliphatic carbocycles. The van der Waals surface area contributed by atoms with Crippen molar-refractivity contribution in [2.45, 2.75) is 38.6 Å². The summed E-state index contributed by atoms with van der Waals surface area (Å²) in [5.41, 5.74) is 0. The number of nitrogens with one attached hydrogen (secondary N) is 1. The van der Waals surface area contributed by atoms with E-state index >= 15 is 0 Å². The smallest absolute Gasteiger partial charge is 0.293 e. The van der Waals surface area contributed by atoms with Crippen LogP contribution in [0.2, 0.25) is 0 Å². The van der Waals surface area contributed by atoms with Gasteiger partial charge >= 0.3 is 0 Å². The van der Waals surface area contributed by atoms with Gasteiger partial charge in [0.15, 0.2) is 0 Å². The molecule has 1 heterocycles. The van der Waals surface area contributed by atoms with Gasteiger partial charge in [0.1, 0.15) is 5.82 Å². The minimum atomic E-state index is -0.0434. The SMILES string of the molecule is Cc1nc(C(=O)N(CCN(C)C)C2CCCC2)n[nH]1. The van der Waals surface area contributed by atoms with Crippen molar-refractivity contribution < 1.29 is 4.79 Å². The van der Waals surface area contributed by atoms with Crippen molar-refractivity contribution in [3.05, 3.63) is 11.6 Å². The Morgan fingerprint density at radius 1 is 1.32 bits per heavy atom. The summed E-state index contributed by atoms with van der Waals surface area (Å²) in [7, 11) is 4.04. The molecule has 1 saturated carbocycles. The van der Waals surface area contributed by atoms with E-state index in [0.717, 1.165) is 25.9 Å². The maximum Gasteiger partial charge on any atom is 0.293 e. The second kappa shape index (κ2) is 6.14. The van der Waals surface area contributed by atoms with Crippen molar-refractivity contribution in [2.75, 3.05) is 27.2 Å². The maximum absolute atomic E-state index is 12.5. The topological polar surface area (TPSA) is 65.1 Å². The summed E-state index contributed by atoms with van der Waals surface area (Å²) in [4.78, 5) is 20.7. The van der Waals surface area contributed by atoms with Crippen LogP contribution in [0.25, 0.3) is 0 Å². The number of carbonyl (C=O) groups excluding carboxylic acids is 1. The minimum absolute atomic E-state index is 0.0434. The van der Waals surface area contributed by atoms with E-state index in [1.54, 1.807) is 0 Å². The number of likely N-dealkylation sites (N-methyl/N-ethyl adjacent to an activating group) is 1. The molecule has 1 aromatic rings. The van der Waals surface area contributed by atoms with Gasteiger partial charge in [0.05, 0.1) is 0 Å². The summed E-state index contributed by atoms with van der Waals surface area (Å²) >= 11 is 0. The van der Waals surface area contributed by atoms with Crippen molar-refractivity contribution in [1.82, 2.24) is 25.0 Å². The minimum Gasteiger partial charge on any atom is -0.332 e. The lowest BCUT2D eigenvalue weighted by atomic mass is 10.2. The Labute approximate surface area is 114 Å². The van der Waals surface area contributed by atoms with E-state index in [4.69, 9.17) is 0 Å². The van der Waals surface area contributed by atoms with E-state index in [1.807, 2.05) is 25.9 Å². The number of aromatic amines is 1. The highest BCUT2D eigenvalue weighted by Gasteiger charge is 2.29. The van der Waals surface area contributed by atoms with Crippen molar-refractivity contribution >= 4 is 5.91 Å². The Balaban J connectivity index is 2.09. The standard InChI is InChI=1S/C13H23N5O/c1-10-14-12(16-15-10)13(19)18(9-8-17(2)3)11-6-4-5-7-11/h11H,4-9H2,1-3H3,(H,14,15,16). The zero-order valence-electron chi connectivity index (χ0n) is 12.0. The first-order chi connectivity index (χ1) is 9.08. The number of carbonyl (C=O) groups is 1. The van der Waals surface area contributed by atoms with Gasteiger partial charge in [0.2, 0.25) is 5.82 Å². The van der Waals surface area contributed by atoms with Gasteiger partial charge in [-0.15, -0.1) is 5.10 Å². The van der Waals surface area contributed by atoms with Crippen molar-refractivity contribution in [1.29, 1.82) is 0 Å². The van der Waals surface area contributed by atoms with Gasteiger partial charge in [-0.2, -0.15) is 0 Å². The lowest BCUT2D eigenvalue weighted by Crippen LogP contribution is -2.43. The maximum atomic E-state index is 12.5. The lowest BCUT2D eigenvalue weighted by Gasteiger charge is -2.29. The Kier molecular flexibility index (Phi) is 4.52. The molecule has 1 amide bonds. The summed E-state index contributed by atoms with van der Waals surface area (Å²) in [6.07, 6.45) is 4.62. The third kappa shape index (κ3) is 3.53. The Bertz CT molecular complexity index is 422. The van der Waals surface area contributed by atoms with Crippen LogP contribution in [0, 0.1) is 6.92 Å². The van der Waals surface area contributed by atoms with E-state index in [-0.39, 0.29) is 5.91 Å². The van der Waals surface area contributed by atoms with E-state index in [9.17, 15) is 4.79 Å². The van der Waals surface area contributed by atoms with Crippen LogP contribution >= 0.6 is 0 Å². The zero-order chi connectivity index (χ0) is 13.8. The average Bonchev–Trinajstić information content (AvgIpc) is 3.00. The number of rotatable bonds is 5. The van der Waals surface area contributed by atoms with Crippen LogP contribution in [0.15, 0.2) is 0 Å². The fourth-order valence-corrected chi connectivity index (χ4v) is 2.54. The van der Waals surface area contributed by atoms with E-state index < -0.39 is 0 Å². The summed E-state index contributed by atoms with van der Waals surface area (Å²) in [5, 5.41) is 6.74. The molecule has 2 rings (SSSR count). The molecule has 0 bridgehead atoms. The fraction of sp³-hybridized carbons (Fsp3) is 0.769. The average molecular weight is 265 g/mol. The molecule has 0 radical (unpaired) electrons. The van der Waals surface area contributed by atoms with Crippen LogP contribution in [-0.2, 0) is 0 Å². The van der Waals surface area contributed by atoms with E-state index in [1.165, 1.54) is 12.8 Å². The molecular formula is C13H23N5O. The van der Waals surface area contributed by atoms with Gasteiger partial charge < -0.3 is 9.80 Å². The molecule has 1 aliphatic rings. The second-order valence-electron chi connectivity index (χ2n) is 5.48. The number of hydrogen-bond acceptors (Lipinski definition) is 4. The number of H-pyrrole nitrogens is 1. The molecule has 0 aromatic carbocycles. The zero-order valence-corrected chi connectivity index (χ0v) is 12.0. The first kappa shape index (κ1) is 14.0. The molecule has 106 valence electrons. The quantitative estimate of drug-likeness (QED) is 0.864. The largest absolute Gasteiger partial charge is 0.332 e. The highest BCUT2D eigenvalue weighted by molar-refractivity contribution is 5.90. The monoisotopic (exact) mass is 265 g/mol. The van der Waals surface area contributed by atoms with Crippen molar-refractivity contribution in [3.63, 3.8) is 0 Å². The third-order valence-electron chi connectivity index (χ3n) is 3.60. The summed E-state index contributed by atoms with van der Waals surface area (Å²) in [6, 6.07) is 0.353. The molecule has 6 nitrogen and oxygen atoms in total. The molecule has 0 unspecified atom stereocenters. The molecule has 0 saturated heterocycles. The summed E-state index contributed by atoms with van der Waals surface area (Å²) < 4.78 is 0. The number of nitrogens with zero attached hydrogens (tertiary/aromatic N) is 4. The number of aryl methyl sites for hydroxylation is 1. The van der Waals surface area contributed by atoms with Crippen LogP contribution in [0.1, 0.15) is 42.1 Å². The fourth-order valence-electron chi connectivity index (χ4n) is 2.54. The second-order valence-corrected chi connectivity index (χ2v) is 5.48. The predicted octanol–water partition coefficient (Wildman–Crippen LogP) is 1.06. The summed E-state index contributed by atoms with van der Waals surface area (Å²) in [5.74, 6) is 0.934.